The molecule has 2 rings (SSSR count). The Morgan fingerprint density at radius 3 is 2.89 bits per heavy atom. The molecule has 0 bridgehead atoms. The quantitative estimate of drug-likeness (QED) is 0.850. The van der Waals surface area contributed by atoms with Crippen molar-refractivity contribution in [3.05, 3.63) is 45.7 Å². The summed E-state index contributed by atoms with van der Waals surface area (Å²) in [6, 6.07) is 2.54. The van der Waals surface area contributed by atoms with Crippen LogP contribution in [0.4, 0.5) is 4.39 Å². The second kappa shape index (κ2) is 5.65. The van der Waals surface area contributed by atoms with Crippen LogP contribution in [-0.2, 0) is 6.54 Å². The third-order valence-electron chi connectivity index (χ3n) is 2.55. The monoisotopic (exact) mass is 288 g/mol. The van der Waals surface area contributed by atoms with Gasteiger partial charge in [-0.25, -0.2) is 9.37 Å². The molecule has 1 unspecified atom stereocenters. The average Bonchev–Trinajstić information content (AvgIpc) is 2.85. The van der Waals surface area contributed by atoms with Gasteiger partial charge in [0.15, 0.2) is 0 Å². The number of hydrogen-bond acceptors (Lipinski definition) is 3. The Morgan fingerprint density at radius 2 is 2.22 bits per heavy atom. The van der Waals surface area contributed by atoms with Gasteiger partial charge in [0.05, 0.1) is 11.6 Å². The maximum Gasteiger partial charge on any atom is 0.142 e. The van der Waals surface area contributed by atoms with E-state index >= 15 is 0 Å². The molecule has 0 saturated heterocycles. The molecule has 0 saturated carbocycles. The Bertz CT molecular complexity index is 530. The standard InChI is InChI=1S/C11H11Cl2FN4/c1-6(15-4-9-16-5-17-18-9)10-7(12)2-3-8(14)11(10)13/h2-3,5-6,15H,4H2,1H3,(H,16,17,18). The highest BCUT2D eigenvalue weighted by Gasteiger charge is 2.16. The number of rotatable bonds is 4. The molecule has 1 aromatic heterocycles. The van der Waals surface area contributed by atoms with Crippen molar-refractivity contribution in [1.29, 1.82) is 0 Å². The molecule has 1 atom stereocenters. The van der Waals surface area contributed by atoms with Crippen LogP contribution in [0.1, 0.15) is 24.4 Å². The molecule has 4 nitrogen and oxygen atoms in total. The second-order valence-corrected chi connectivity index (χ2v) is 4.58. The van der Waals surface area contributed by atoms with Crippen LogP contribution < -0.4 is 5.32 Å². The first-order chi connectivity index (χ1) is 8.59. The first-order valence-corrected chi connectivity index (χ1v) is 6.06. The fourth-order valence-corrected chi connectivity index (χ4v) is 2.31. The molecule has 18 heavy (non-hydrogen) atoms. The molecule has 1 aromatic carbocycles. The zero-order valence-corrected chi connectivity index (χ0v) is 11.1. The van der Waals surface area contributed by atoms with Gasteiger partial charge >= 0.3 is 0 Å². The van der Waals surface area contributed by atoms with Gasteiger partial charge < -0.3 is 5.32 Å². The lowest BCUT2D eigenvalue weighted by Crippen LogP contribution is -2.19. The van der Waals surface area contributed by atoms with E-state index in [-0.39, 0.29) is 11.1 Å². The molecule has 2 N–H and O–H groups in total. The van der Waals surface area contributed by atoms with Crippen LogP contribution in [0.15, 0.2) is 18.5 Å². The molecule has 96 valence electrons. The lowest BCUT2D eigenvalue weighted by Gasteiger charge is -2.16. The van der Waals surface area contributed by atoms with Gasteiger partial charge in [-0.3, -0.25) is 5.10 Å². The number of halogens is 3. The van der Waals surface area contributed by atoms with Gasteiger partial charge in [-0.2, -0.15) is 5.10 Å². The van der Waals surface area contributed by atoms with Crippen molar-refractivity contribution in [2.24, 2.45) is 0 Å². The summed E-state index contributed by atoms with van der Waals surface area (Å²) in [4.78, 5) is 3.98. The van der Waals surface area contributed by atoms with Gasteiger partial charge in [-0.1, -0.05) is 23.2 Å². The van der Waals surface area contributed by atoms with Gasteiger partial charge in [-0.15, -0.1) is 0 Å². The maximum absolute atomic E-state index is 13.4. The third kappa shape index (κ3) is 2.80. The molecule has 2 aromatic rings. The molecular weight excluding hydrogens is 278 g/mol. The van der Waals surface area contributed by atoms with Crippen LogP contribution >= 0.6 is 23.2 Å². The normalized spacial score (nSPS) is 12.7. The number of nitrogens with zero attached hydrogens (tertiary/aromatic N) is 2. The fourth-order valence-electron chi connectivity index (χ4n) is 1.61. The van der Waals surface area contributed by atoms with E-state index in [9.17, 15) is 4.39 Å². The molecule has 0 aliphatic carbocycles. The fraction of sp³-hybridized carbons (Fsp3) is 0.273. The molecule has 0 spiro atoms. The number of aromatic nitrogens is 3. The topological polar surface area (TPSA) is 53.6 Å². The minimum absolute atomic E-state index is 0.0417. The predicted octanol–water partition coefficient (Wildman–Crippen LogP) is 3.10. The van der Waals surface area contributed by atoms with Crippen molar-refractivity contribution in [2.75, 3.05) is 0 Å². The van der Waals surface area contributed by atoms with Crippen molar-refractivity contribution in [2.45, 2.75) is 19.5 Å². The van der Waals surface area contributed by atoms with E-state index in [1.54, 1.807) is 0 Å². The zero-order valence-electron chi connectivity index (χ0n) is 9.54. The molecule has 7 heteroatoms. The Balaban J connectivity index is 2.13. The van der Waals surface area contributed by atoms with Crippen molar-refractivity contribution in [1.82, 2.24) is 20.5 Å². The lowest BCUT2D eigenvalue weighted by atomic mass is 10.1. The summed E-state index contributed by atoms with van der Waals surface area (Å²) in [6.07, 6.45) is 1.42. The van der Waals surface area contributed by atoms with E-state index in [1.807, 2.05) is 6.92 Å². The number of benzene rings is 1. The SMILES string of the molecule is CC(NCc1ncn[nH]1)c1c(Cl)ccc(F)c1Cl. The summed E-state index contributed by atoms with van der Waals surface area (Å²) in [5, 5.41) is 10.1. The molecule has 0 aliphatic heterocycles. The van der Waals surface area contributed by atoms with Crippen LogP contribution in [-0.4, -0.2) is 15.2 Å². The summed E-state index contributed by atoms with van der Waals surface area (Å²) in [6.45, 7) is 2.31. The number of nitrogens with one attached hydrogen (secondary N) is 2. The predicted molar refractivity (Wildman–Crippen MR) is 68.1 cm³/mol. The van der Waals surface area contributed by atoms with Crippen LogP contribution in [0.25, 0.3) is 0 Å². The molecule has 1 heterocycles. The highest BCUT2D eigenvalue weighted by molar-refractivity contribution is 6.36. The molecule has 0 amide bonds. The van der Waals surface area contributed by atoms with Crippen molar-refractivity contribution < 1.29 is 4.39 Å². The number of H-pyrrole nitrogens is 1. The Kier molecular flexibility index (Phi) is 4.16. The summed E-state index contributed by atoms with van der Waals surface area (Å²) >= 11 is 11.9. The Hall–Kier alpha value is -1.17. The average molecular weight is 289 g/mol. The summed E-state index contributed by atoms with van der Waals surface area (Å²) in [5.41, 5.74) is 0.540. The van der Waals surface area contributed by atoms with Crippen molar-refractivity contribution >= 4 is 23.2 Å². The third-order valence-corrected chi connectivity index (χ3v) is 3.27. The smallest absolute Gasteiger partial charge is 0.142 e. The number of aromatic amines is 1. The minimum Gasteiger partial charge on any atom is -0.303 e. The minimum atomic E-state index is -0.482. The van der Waals surface area contributed by atoms with Crippen LogP contribution in [0.5, 0.6) is 0 Å². The second-order valence-electron chi connectivity index (χ2n) is 3.79. The molecule has 0 aliphatic rings. The molecule has 0 radical (unpaired) electrons. The van der Waals surface area contributed by atoms with Gasteiger partial charge in [0.2, 0.25) is 0 Å². The van der Waals surface area contributed by atoms with Crippen molar-refractivity contribution in [3.8, 4) is 0 Å². The van der Waals surface area contributed by atoms with E-state index in [0.717, 1.165) is 0 Å². The van der Waals surface area contributed by atoms with E-state index < -0.39 is 5.82 Å². The van der Waals surface area contributed by atoms with E-state index in [2.05, 4.69) is 20.5 Å². The Labute approximate surface area is 114 Å². The zero-order chi connectivity index (χ0) is 13.1. The summed E-state index contributed by atoms with van der Waals surface area (Å²) in [5.74, 6) is 0.204. The first-order valence-electron chi connectivity index (χ1n) is 5.30. The highest BCUT2D eigenvalue weighted by atomic mass is 35.5. The summed E-state index contributed by atoms with van der Waals surface area (Å²) < 4.78 is 13.4. The molecular formula is C11H11Cl2FN4. The summed E-state index contributed by atoms with van der Waals surface area (Å²) in [7, 11) is 0. The van der Waals surface area contributed by atoms with E-state index in [4.69, 9.17) is 23.2 Å². The van der Waals surface area contributed by atoms with Crippen LogP contribution in [0.2, 0.25) is 10.0 Å². The van der Waals surface area contributed by atoms with Crippen LogP contribution in [0.3, 0.4) is 0 Å². The first kappa shape index (κ1) is 13.3. The maximum atomic E-state index is 13.4. The van der Waals surface area contributed by atoms with Crippen molar-refractivity contribution in [3.63, 3.8) is 0 Å². The van der Waals surface area contributed by atoms with E-state index in [1.165, 1.54) is 18.5 Å². The van der Waals surface area contributed by atoms with Gasteiger partial charge in [0, 0.05) is 16.6 Å². The largest absolute Gasteiger partial charge is 0.303 e. The lowest BCUT2D eigenvalue weighted by molar-refractivity contribution is 0.553. The molecule has 0 fully saturated rings. The van der Waals surface area contributed by atoms with E-state index in [0.29, 0.717) is 23.0 Å². The Morgan fingerprint density at radius 1 is 1.44 bits per heavy atom. The number of hydrogen-bond donors (Lipinski definition) is 2. The van der Waals surface area contributed by atoms with Gasteiger partial charge in [0.25, 0.3) is 0 Å². The van der Waals surface area contributed by atoms with Crippen LogP contribution in [0, 0.1) is 5.82 Å². The van der Waals surface area contributed by atoms with Gasteiger partial charge in [-0.05, 0) is 19.1 Å². The van der Waals surface area contributed by atoms with Gasteiger partial charge in [0.1, 0.15) is 18.0 Å². The highest BCUT2D eigenvalue weighted by Crippen LogP contribution is 2.32.